The lowest BCUT2D eigenvalue weighted by molar-refractivity contribution is -0.384. The lowest BCUT2D eigenvalue weighted by atomic mass is 10.2. The van der Waals surface area contributed by atoms with Gasteiger partial charge in [0.25, 0.3) is 21.6 Å². The minimum atomic E-state index is -4.31. The molecule has 0 radical (unpaired) electrons. The molecule has 0 saturated heterocycles. The smallest absolute Gasteiger partial charge is 0.293 e. The van der Waals surface area contributed by atoms with E-state index in [-0.39, 0.29) is 16.3 Å². The lowest BCUT2D eigenvalue weighted by Gasteiger charge is -2.23. The van der Waals surface area contributed by atoms with E-state index in [9.17, 15) is 28.4 Å². The number of nitrogens with one attached hydrogen (secondary N) is 1. The Bertz CT molecular complexity index is 1260. The van der Waals surface area contributed by atoms with Crippen LogP contribution >= 0.6 is 0 Å². The molecular weight excluding hydrogens is 436 g/mol. The van der Waals surface area contributed by atoms with Crippen molar-refractivity contribution in [2.24, 2.45) is 5.10 Å². The van der Waals surface area contributed by atoms with E-state index in [1.54, 1.807) is 24.3 Å². The van der Waals surface area contributed by atoms with E-state index in [0.717, 1.165) is 6.07 Å². The van der Waals surface area contributed by atoms with Crippen molar-refractivity contribution in [3.8, 4) is 5.75 Å². The number of hydrogen-bond donors (Lipinski definition) is 2. The van der Waals surface area contributed by atoms with E-state index >= 15 is 0 Å². The molecule has 1 amide bonds. The van der Waals surface area contributed by atoms with E-state index in [0.29, 0.717) is 9.87 Å². The molecule has 0 aliphatic carbocycles. The Morgan fingerprint density at radius 1 is 1.03 bits per heavy atom. The van der Waals surface area contributed by atoms with Crippen LogP contribution in [0.3, 0.4) is 0 Å². The Labute approximate surface area is 183 Å². The molecule has 0 heterocycles. The zero-order valence-corrected chi connectivity index (χ0v) is 17.3. The van der Waals surface area contributed by atoms with Crippen LogP contribution in [0.2, 0.25) is 0 Å². The van der Waals surface area contributed by atoms with Crippen molar-refractivity contribution in [1.29, 1.82) is 0 Å². The fraction of sp³-hybridized carbons (Fsp3) is 0.0476. The SMILES string of the molecule is O=C(CN(c1ccccc1[N+](=O)[O-])S(=O)(=O)c1ccccc1)N/N=C\c1ccccc1O. The number of phenols is 1. The minimum absolute atomic E-state index is 0.0568. The molecule has 164 valence electrons. The first-order valence-corrected chi connectivity index (χ1v) is 10.7. The van der Waals surface area contributed by atoms with Crippen molar-refractivity contribution in [2.45, 2.75) is 4.90 Å². The van der Waals surface area contributed by atoms with E-state index in [1.165, 1.54) is 54.7 Å². The van der Waals surface area contributed by atoms with Crippen LogP contribution in [-0.2, 0) is 14.8 Å². The zero-order chi connectivity index (χ0) is 23.1. The van der Waals surface area contributed by atoms with Crippen molar-refractivity contribution in [3.05, 3.63) is 94.5 Å². The van der Waals surface area contributed by atoms with Gasteiger partial charge in [-0.3, -0.25) is 14.9 Å². The summed E-state index contributed by atoms with van der Waals surface area (Å²) >= 11 is 0. The number of amides is 1. The molecule has 32 heavy (non-hydrogen) atoms. The molecule has 0 saturated carbocycles. The second-order valence-electron chi connectivity index (χ2n) is 6.42. The van der Waals surface area contributed by atoms with Crippen molar-refractivity contribution >= 4 is 33.5 Å². The monoisotopic (exact) mass is 454 g/mol. The number of nitro benzene ring substituents is 1. The highest BCUT2D eigenvalue weighted by molar-refractivity contribution is 7.92. The van der Waals surface area contributed by atoms with E-state index in [2.05, 4.69) is 10.5 Å². The summed E-state index contributed by atoms with van der Waals surface area (Å²) in [6.45, 7) is -0.764. The lowest BCUT2D eigenvalue weighted by Crippen LogP contribution is -2.39. The zero-order valence-electron chi connectivity index (χ0n) is 16.5. The molecule has 0 atom stereocenters. The average molecular weight is 454 g/mol. The third-order valence-electron chi connectivity index (χ3n) is 4.30. The summed E-state index contributed by atoms with van der Waals surface area (Å²) in [5.74, 6) is -0.895. The van der Waals surface area contributed by atoms with Gasteiger partial charge in [-0.1, -0.05) is 42.5 Å². The number of aromatic hydroxyl groups is 1. The highest BCUT2D eigenvalue weighted by atomic mass is 32.2. The van der Waals surface area contributed by atoms with Crippen LogP contribution < -0.4 is 9.73 Å². The molecule has 3 rings (SSSR count). The number of nitro groups is 1. The van der Waals surface area contributed by atoms with Gasteiger partial charge in [0.2, 0.25) is 0 Å². The summed E-state index contributed by atoms with van der Waals surface area (Å²) < 4.78 is 27.1. The van der Waals surface area contributed by atoms with Gasteiger partial charge in [-0.25, -0.2) is 18.1 Å². The van der Waals surface area contributed by atoms with Crippen LogP contribution in [0.25, 0.3) is 0 Å². The largest absolute Gasteiger partial charge is 0.507 e. The number of sulfonamides is 1. The van der Waals surface area contributed by atoms with Crippen molar-refractivity contribution in [2.75, 3.05) is 10.8 Å². The van der Waals surface area contributed by atoms with Crippen molar-refractivity contribution < 1.29 is 23.2 Å². The minimum Gasteiger partial charge on any atom is -0.507 e. The molecule has 0 fully saturated rings. The van der Waals surface area contributed by atoms with Gasteiger partial charge in [-0.05, 0) is 30.3 Å². The number of carbonyl (C=O) groups is 1. The van der Waals surface area contributed by atoms with Gasteiger partial charge in [0.15, 0.2) is 0 Å². The average Bonchev–Trinajstić information content (AvgIpc) is 2.79. The molecule has 0 aliphatic rings. The molecule has 0 spiro atoms. The van der Waals surface area contributed by atoms with E-state index in [1.807, 2.05) is 0 Å². The van der Waals surface area contributed by atoms with Crippen LogP contribution in [-0.4, -0.2) is 37.1 Å². The maximum absolute atomic E-state index is 13.2. The first-order valence-electron chi connectivity index (χ1n) is 9.22. The molecule has 0 aliphatic heterocycles. The molecule has 0 aromatic heterocycles. The Kier molecular flexibility index (Phi) is 6.80. The molecule has 3 aromatic rings. The number of hydrazone groups is 1. The third kappa shape index (κ3) is 5.08. The Morgan fingerprint density at radius 2 is 1.66 bits per heavy atom. The van der Waals surface area contributed by atoms with Gasteiger partial charge in [0, 0.05) is 11.6 Å². The molecule has 0 bridgehead atoms. The summed E-state index contributed by atoms with van der Waals surface area (Å²) in [6.07, 6.45) is 1.19. The second kappa shape index (κ2) is 9.71. The molecule has 3 aromatic carbocycles. The van der Waals surface area contributed by atoms with E-state index < -0.39 is 33.1 Å². The summed E-state index contributed by atoms with van der Waals surface area (Å²) in [6, 6.07) is 18.8. The summed E-state index contributed by atoms with van der Waals surface area (Å²) in [7, 11) is -4.31. The molecular formula is C21H18N4O6S. The first kappa shape index (κ1) is 22.4. The Morgan fingerprint density at radius 3 is 2.34 bits per heavy atom. The normalized spacial score (nSPS) is 11.2. The fourth-order valence-electron chi connectivity index (χ4n) is 2.79. The topological polar surface area (TPSA) is 142 Å². The van der Waals surface area contributed by atoms with Crippen LogP contribution in [0, 0.1) is 10.1 Å². The Balaban J connectivity index is 1.92. The molecule has 2 N–H and O–H groups in total. The molecule has 0 unspecified atom stereocenters. The molecule has 11 heteroatoms. The number of phenolic OH excluding ortho intramolecular Hbond substituents is 1. The van der Waals surface area contributed by atoms with Crippen molar-refractivity contribution in [1.82, 2.24) is 5.43 Å². The summed E-state index contributed by atoms with van der Waals surface area (Å²) in [5.41, 5.74) is 1.77. The number of carbonyl (C=O) groups excluding carboxylic acids is 1. The number of hydrogen-bond acceptors (Lipinski definition) is 7. The van der Waals surface area contributed by atoms with Gasteiger partial charge < -0.3 is 5.11 Å². The summed E-state index contributed by atoms with van der Waals surface area (Å²) in [4.78, 5) is 23.1. The van der Waals surface area contributed by atoms with Crippen LogP contribution in [0.4, 0.5) is 11.4 Å². The predicted molar refractivity (Wildman–Crippen MR) is 118 cm³/mol. The first-order chi connectivity index (χ1) is 15.3. The summed E-state index contributed by atoms with van der Waals surface area (Å²) in [5, 5.41) is 24.9. The van der Waals surface area contributed by atoms with Crippen LogP contribution in [0.1, 0.15) is 5.56 Å². The third-order valence-corrected chi connectivity index (χ3v) is 6.07. The quantitative estimate of drug-likeness (QED) is 0.304. The maximum Gasteiger partial charge on any atom is 0.293 e. The fourth-order valence-corrected chi connectivity index (χ4v) is 4.24. The number of benzene rings is 3. The Hall–Kier alpha value is -4.25. The van der Waals surface area contributed by atoms with Crippen LogP contribution in [0.5, 0.6) is 5.75 Å². The standard InChI is InChI=1S/C21H18N4O6S/c26-20-13-7-4-8-16(20)14-22-23-21(27)15-24(18-11-5-6-12-19(18)25(28)29)32(30,31)17-9-2-1-3-10-17/h1-14,26H,15H2,(H,23,27)/b22-14-. The maximum atomic E-state index is 13.2. The molecule has 10 nitrogen and oxygen atoms in total. The second-order valence-corrected chi connectivity index (χ2v) is 8.28. The van der Waals surface area contributed by atoms with Gasteiger partial charge >= 0.3 is 0 Å². The van der Waals surface area contributed by atoms with Gasteiger partial charge in [-0.15, -0.1) is 0 Å². The highest BCUT2D eigenvalue weighted by Crippen LogP contribution is 2.31. The van der Waals surface area contributed by atoms with E-state index in [4.69, 9.17) is 0 Å². The number of rotatable bonds is 8. The number of anilines is 1. The van der Waals surface area contributed by atoms with Gasteiger partial charge in [0.05, 0.1) is 16.0 Å². The van der Waals surface area contributed by atoms with Crippen molar-refractivity contribution in [3.63, 3.8) is 0 Å². The highest BCUT2D eigenvalue weighted by Gasteiger charge is 2.31. The number of nitrogens with zero attached hydrogens (tertiary/aromatic N) is 3. The predicted octanol–water partition coefficient (Wildman–Crippen LogP) is 2.65. The van der Waals surface area contributed by atoms with Crippen LogP contribution in [0.15, 0.2) is 88.9 Å². The van der Waals surface area contributed by atoms with Gasteiger partial charge in [-0.2, -0.15) is 5.10 Å². The number of para-hydroxylation sites is 3. The van der Waals surface area contributed by atoms with Gasteiger partial charge in [0.1, 0.15) is 18.0 Å².